The third kappa shape index (κ3) is 1.81. The zero-order valence-corrected chi connectivity index (χ0v) is 9.88. The van der Waals surface area contributed by atoms with E-state index in [1.807, 2.05) is 12.1 Å². The molecule has 1 aromatic carbocycles. The summed E-state index contributed by atoms with van der Waals surface area (Å²) in [6.07, 6.45) is 2.63. The van der Waals surface area contributed by atoms with Crippen LogP contribution in [0.4, 0.5) is 4.39 Å². The molecule has 2 aromatic rings. The van der Waals surface area contributed by atoms with Crippen LogP contribution in [0.1, 0.15) is 35.3 Å². The molecular weight excluding hydrogens is 229 g/mol. The molecule has 1 N–H and O–H groups in total. The van der Waals surface area contributed by atoms with Crippen LogP contribution in [-0.2, 0) is 6.42 Å². The number of aromatic nitrogens is 1. The van der Waals surface area contributed by atoms with Gasteiger partial charge in [0.15, 0.2) is 0 Å². The van der Waals surface area contributed by atoms with Crippen LogP contribution in [0.15, 0.2) is 42.6 Å². The van der Waals surface area contributed by atoms with Crippen molar-refractivity contribution in [3.63, 3.8) is 0 Å². The SMILES string of the molecule is OC(c1ccccc1F)C1CCc2cccnc21. The number of nitrogens with zero attached hydrogens (tertiary/aromatic N) is 1. The molecule has 0 fully saturated rings. The number of aliphatic hydroxyl groups is 1. The van der Waals surface area contributed by atoms with E-state index in [9.17, 15) is 9.50 Å². The number of rotatable bonds is 2. The van der Waals surface area contributed by atoms with Gasteiger partial charge < -0.3 is 5.11 Å². The van der Waals surface area contributed by atoms with Crippen LogP contribution in [-0.4, -0.2) is 10.1 Å². The zero-order valence-electron chi connectivity index (χ0n) is 9.88. The van der Waals surface area contributed by atoms with E-state index in [0.29, 0.717) is 5.56 Å². The molecule has 0 saturated heterocycles. The van der Waals surface area contributed by atoms with E-state index in [-0.39, 0.29) is 11.7 Å². The lowest BCUT2D eigenvalue weighted by Crippen LogP contribution is -2.11. The van der Waals surface area contributed by atoms with Gasteiger partial charge in [-0.3, -0.25) is 4.98 Å². The van der Waals surface area contributed by atoms with Crippen LogP contribution in [0.5, 0.6) is 0 Å². The molecule has 3 heteroatoms. The summed E-state index contributed by atoms with van der Waals surface area (Å²) in [7, 11) is 0. The summed E-state index contributed by atoms with van der Waals surface area (Å²) < 4.78 is 13.7. The summed E-state index contributed by atoms with van der Waals surface area (Å²) >= 11 is 0. The van der Waals surface area contributed by atoms with E-state index < -0.39 is 6.10 Å². The van der Waals surface area contributed by atoms with E-state index in [2.05, 4.69) is 4.98 Å². The number of fused-ring (bicyclic) bond motifs is 1. The first-order valence-electron chi connectivity index (χ1n) is 6.13. The first kappa shape index (κ1) is 11.4. The van der Waals surface area contributed by atoms with Gasteiger partial charge in [-0.25, -0.2) is 4.39 Å². The van der Waals surface area contributed by atoms with Gasteiger partial charge in [-0.2, -0.15) is 0 Å². The van der Waals surface area contributed by atoms with Gasteiger partial charge >= 0.3 is 0 Å². The Morgan fingerprint density at radius 3 is 2.89 bits per heavy atom. The molecule has 2 atom stereocenters. The second-order valence-corrected chi connectivity index (χ2v) is 4.66. The highest BCUT2D eigenvalue weighted by Crippen LogP contribution is 2.40. The van der Waals surface area contributed by atoms with Crippen molar-refractivity contribution < 1.29 is 9.50 Å². The van der Waals surface area contributed by atoms with Crippen LogP contribution in [0, 0.1) is 5.82 Å². The molecule has 0 radical (unpaired) electrons. The lowest BCUT2D eigenvalue weighted by atomic mass is 9.93. The molecule has 0 bridgehead atoms. The molecule has 1 aliphatic carbocycles. The Bertz CT molecular complexity index is 570. The summed E-state index contributed by atoms with van der Waals surface area (Å²) in [4.78, 5) is 4.33. The fourth-order valence-electron chi connectivity index (χ4n) is 2.68. The lowest BCUT2D eigenvalue weighted by molar-refractivity contribution is 0.139. The fraction of sp³-hybridized carbons (Fsp3) is 0.267. The maximum absolute atomic E-state index is 13.7. The van der Waals surface area contributed by atoms with Gasteiger partial charge in [0.2, 0.25) is 0 Å². The van der Waals surface area contributed by atoms with Crippen LogP contribution >= 0.6 is 0 Å². The van der Waals surface area contributed by atoms with Gasteiger partial charge in [0.25, 0.3) is 0 Å². The minimum atomic E-state index is -0.817. The minimum absolute atomic E-state index is 0.0990. The topological polar surface area (TPSA) is 33.1 Å². The van der Waals surface area contributed by atoms with Crippen molar-refractivity contribution >= 4 is 0 Å². The smallest absolute Gasteiger partial charge is 0.129 e. The summed E-state index contributed by atoms with van der Waals surface area (Å²) in [5.74, 6) is -0.451. The monoisotopic (exact) mass is 243 g/mol. The molecule has 0 spiro atoms. The number of aryl methyl sites for hydroxylation is 1. The maximum atomic E-state index is 13.7. The second kappa shape index (κ2) is 4.50. The van der Waals surface area contributed by atoms with Gasteiger partial charge in [0, 0.05) is 23.4 Å². The standard InChI is InChI=1S/C15H14FNO/c16-13-6-2-1-5-11(13)15(18)12-8-7-10-4-3-9-17-14(10)12/h1-6,9,12,15,18H,7-8H2. The highest BCUT2D eigenvalue weighted by molar-refractivity contribution is 5.32. The minimum Gasteiger partial charge on any atom is -0.388 e. The fourth-order valence-corrected chi connectivity index (χ4v) is 2.68. The normalized spacial score (nSPS) is 19.6. The van der Waals surface area contributed by atoms with E-state index in [1.165, 1.54) is 6.07 Å². The Labute approximate surface area is 105 Å². The van der Waals surface area contributed by atoms with Crippen molar-refractivity contribution in [1.29, 1.82) is 0 Å². The molecule has 2 unspecified atom stereocenters. The van der Waals surface area contributed by atoms with Crippen LogP contribution < -0.4 is 0 Å². The molecule has 1 aliphatic rings. The Morgan fingerprint density at radius 2 is 2.06 bits per heavy atom. The highest BCUT2D eigenvalue weighted by atomic mass is 19.1. The second-order valence-electron chi connectivity index (χ2n) is 4.66. The predicted octanol–water partition coefficient (Wildman–Crippen LogP) is 2.98. The summed E-state index contributed by atoms with van der Waals surface area (Å²) in [6.45, 7) is 0. The molecule has 2 nitrogen and oxygen atoms in total. The summed E-state index contributed by atoms with van der Waals surface area (Å²) in [5.41, 5.74) is 2.44. The Hall–Kier alpha value is -1.74. The average Bonchev–Trinajstić information content (AvgIpc) is 2.82. The Morgan fingerprint density at radius 1 is 1.22 bits per heavy atom. The van der Waals surface area contributed by atoms with E-state index in [0.717, 1.165) is 24.1 Å². The molecule has 0 aliphatic heterocycles. The van der Waals surface area contributed by atoms with Gasteiger partial charge in [-0.15, -0.1) is 0 Å². The first-order chi connectivity index (χ1) is 8.77. The van der Waals surface area contributed by atoms with Gasteiger partial charge in [0.1, 0.15) is 5.82 Å². The van der Waals surface area contributed by atoms with Crippen LogP contribution in [0.2, 0.25) is 0 Å². The van der Waals surface area contributed by atoms with Crippen molar-refractivity contribution in [2.75, 3.05) is 0 Å². The third-order valence-corrected chi connectivity index (χ3v) is 3.61. The first-order valence-corrected chi connectivity index (χ1v) is 6.13. The largest absolute Gasteiger partial charge is 0.388 e. The van der Waals surface area contributed by atoms with E-state index in [1.54, 1.807) is 24.4 Å². The van der Waals surface area contributed by atoms with Gasteiger partial charge in [-0.1, -0.05) is 24.3 Å². The lowest BCUT2D eigenvalue weighted by Gasteiger charge is -2.19. The highest BCUT2D eigenvalue weighted by Gasteiger charge is 2.31. The van der Waals surface area contributed by atoms with Crippen molar-refractivity contribution in [1.82, 2.24) is 4.98 Å². The Kier molecular flexibility index (Phi) is 2.84. The molecule has 3 rings (SSSR count). The zero-order chi connectivity index (χ0) is 12.5. The molecule has 18 heavy (non-hydrogen) atoms. The molecule has 1 aromatic heterocycles. The van der Waals surface area contributed by atoms with Gasteiger partial charge in [-0.05, 0) is 30.5 Å². The molecule has 0 saturated carbocycles. The number of aliphatic hydroxyl groups excluding tert-OH is 1. The molecule has 1 heterocycles. The number of hydrogen-bond donors (Lipinski definition) is 1. The summed E-state index contributed by atoms with van der Waals surface area (Å²) in [6, 6.07) is 10.3. The van der Waals surface area contributed by atoms with E-state index in [4.69, 9.17) is 0 Å². The van der Waals surface area contributed by atoms with Crippen molar-refractivity contribution in [2.45, 2.75) is 24.9 Å². The van der Waals surface area contributed by atoms with Crippen molar-refractivity contribution in [2.24, 2.45) is 0 Å². The quantitative estimate of drug-likeness (QED) is 0.879. The maximum Gasteiger partial charge on any atom is 0.129 e. The van der Waals surface area contributed by atoms with Crippen molar-refractivity contribution in [3.8, 4) is 0 Å². The van der Waals surface area contributed by atoms with Crippen molar-refractivity contribution in [3.05, 3.63) is 65.2 Å². The third-order valence-electron chi connectivity index (χ3n) is 3.61. The van der Waals surface area contributed by atoms with Crippen LogP contribution in [0.25, 0.3) is 0 Å². The average molecular weight is 243 g/mol. The number of benzene rings is 1. The number of pyridine rings is 1. The summed E-state index contributed by atoms with van der Waals surface area (Å²) in [5, 5.41) is 10.4. The van der Waals surface area contributed by atoms with Gasteiger partial charge in [0.05, 0.1) is 6.10 Å². The van der Waals surface area contributed by atoms with E-state index >= 15 is 0 Å². The molecular formula is C15H14FNO. The Balaban J connectivity index is 1.96. The number of hydrogen-bond acceptors (Lipinski definition) is 2. The molecule has 92 valence electrons. The predicted molar refractivity (Wildman–Crippen MR) is 66.7 cm³/mol. The number of halogens is 1. The van der Waals surface area contributed by atoms with Crippen LogP contribution in [0.3, 0.4) is 0 Å². The molecule has 0 amide bonds.